The van der Waals surface area contributed by atoms with E-state index in [2.05, 4.69) is 79.9 Å². The molecule has 3 heterocycles. The highest BCUT2D eigenvalue weighted by Gasteiger charge is 2.54. The number of ether oxygens (including phenoxy) is 6. The van der Waals surface area contributed by atoms with E-state index >= 15 is 0 Å². The SMILES string of the molecule is CC/C=C\C/C=C\C/C=C\C/C=C\C/C=C\CCCCCCCCCCCCCCCCCC(=O)NC(COC1OC(CO)C(OC2OC(CO)C(OC3OC(CO)C(O)C(O)C3O)C(O)C2O)C(O)C1O)C(O)CCCCCCCCCCCCCCCCCCCCCCCCC. The van der Waals surface area contributed by atoms with Gasteiger partial charge in [0.15, 0.2) is 18.9 Å². The van der Waals surface area contributed by atoms with Gasteiger partial charge in [-0.05, 0) is 57.8 Å². The molecule has 0 bridgehead atoms. The molecule has 3 rings (SSSR count). The summed E-state index contributed by atoms with van der Waals surface area (Å²) in [4.78, 5) is 13.5. The molecule has 19 heteroatoms. The molecule has 0 aromatic carbocycles. The highest BCUT2D eigenvalue weighted by atomic mass is 16.8. The van der Waals surface area contributed by atoms with Crippen molar-refractivity contribution in [3.05, 3.63) is 60.8 Å². The quantitative estimate of drug-likeness (QED) is 0.0199. The second-order valence-corrected chi connectivity index (χ2v) is 28.5. The van der Waals surface area contributed by atoms with Crippen LogP contribution in [0.4, 0.5) is 0 Å². The highest BCUT2D eigenvalue weighted by Crippen LogP contribution is 2.33. The molecule has 17 atom stereocenters. The minimum atomic E-state index is -1.97. The Labute approximate surface area is 598 Å². The van der Waals surface area contributed by atoms with E-state index in [1.807, 2.05) is 0 Å². The van der Waals surface area contributed by atoms with Crippen molar-refractivity contribution in [1.82, 2.24) is 5.32 Å². The Morgan fingerprint density at radius 2 is 0.697 bits per heavy atom. The predicted molar refractivity (Wildman–Crippen MR) is 392 cm³/mol. The van der Waals surface area contributed by atoms with Crippen molar-refractivity contribution in [2.24, 2.45) is 0 Å². The molecule has 0 saturated carbocycles. The topological polar surface area (TPSA) is 307 Å². The summed E-state index contributed by atoms with van der Waals surface area (Å²) in [6, 6.07) is -0.890. The van der Waals surface area contributed by atoms with Crippen LogP contribution in [0.25, 0.3) is 0 Å². The summed E-state index contributed by atoms with van der Waals surface area (Å²) in [6.07, 6.45) is 50.1. The fourth-order valence-electron chi connectivity index (χ4n) is 13.5. The zero-order chi connectivity index (χ0) is 71.8. The molecule has 1 amide bonds. The summed E-state index contributed by atoms with van der Waals surface area (Å²) in [7, 11) is 0. The van der Waals surface area contributed by atoms with Crippen molar-refractivity contribution >= 4 is 5.91 Å². The predicted octanol–water partition coefficient (Wildman–Crippen LogP) is 13.1. The first-order valence-electron chi connectivity index (χ1n) is 40.0. The van der Waals surface area contributed by atoms with Gasteiger partial charge < -0.3 is 89.9 Å². The lowest BCUT2D eigenvalue weighted by atomic mass is 9.96. The van der Waals surface area contributed by atoms with E-state index in [0.29, 0.717) is 12.8 Å². The van der Waals surface area contributed by atoms with Crippen LogP contribution in [0.3, 0.4) is 0 Å². The fourth-order valence-corrected chi connectivity index (χ4v) is 13.5. The maximum absolute atomic E-state index is 13.5. The van der Waals surface area contributed by atoms with Crippen LogP contribution in [0, 0.1) is 0 Å². The number of carbonyl (C=O) groups excluding carboxylic acids is 1. The number of hydrogen-bond donors (Lipinski definition) is 12. The van der Waals surface area contributed by atoms with Crippen LogP contribution in [0.5, 0.6) is 0 Å². The number of carbonyl (C=O) groups is 1. The fraction of sp³-hybridized carbons (Fsp3) is 0.863. The molecule has 3 saturated heterocycles. The molecule has 3 aliphatic rings. The third kappa shape index (κ3) is 41.1. The molecule has 0 aromatic heterocycles. The van der Waals surface area contributed by atoms with Crippen LogP contribution < -0.4 is 5.32 Å². The van der Waals surface area contributed by atoms with E-state index in [1.165, 1.54) is 199 Å². The van der Waals surface area contributed by atoms with Crippen molar-refractivity contribution in [3.63, 3.8) is 0 Å². The molecule has 19 nitrogen and oxygen atoms in total. The normalized spacial score (nSPS) is 26.9. The third-order valence-corrected chi connectivity index (χ3v) is 19.9. The van der Waals surface area contributed by atoms with Crippen molar-refractivity contribution in [1.29, 1.82) is 0 Å². The van der Waals surface area contributed by atoms with Gasteiger partial charge in [-0.15, -0.1) is 0 Å². The summed E-state index contributed by atoms with van der Waals surface area (Å²) < 4.78 is 34.5. The van der Waals surface area contributed by atoms with Gasteiger partial charge in [0.05, 0.1) is 38.6 Å². The second-order valence-electron chi connectivity index (χ2n) is 28.5. The van der Waals surface area contributed by atoms with Gasteiger partial charge in [-0.1, -0.05) is 306 Å². The average Bonchev–Trinajstić information content (AvgIpc) is 0.577. The molecule has 578 valence electrons. The van der Waals surface area contributed by atoms with Crippen molar-refractivity contribution in [2.45, 2.75) is 413 Å². The standard InChI is InChI=1S/C80H145NO18/c1-3-5-7-9-11-13-15-17-19-21-23-25-27-28-29-30-31-32-33-34-36-38-40-42-44-46-48-50-52-54-56-58-68(86)81-63(64(85)57-55-53-51-49-47-45-43-41-39-37-35-26-24-22-20-18-16-14-12-10-8-6-4-2)62-94-78-74(92)71(89)76(66(60-83)96-78)99-80-75(93)72(90)77(67(61-84)97-80)98-79-73(91)70(88)69(87)65(59-82)95-79/h5,7,11,13,17,19,23,25,28-29,63-67,69-80,82-85,87-93H,3-4,6,8-10,12,14-16,18,20-22,24,26-27,30-62H2,1-2H3,(H,81,86)/b7-5-,13-11-,19-17-,25-23-,29-28-. The first-order chi connectivity index (χ1) is 48.3. The Bertz CT molecular complexity index is 2020. The Kier molecular flexibility index (Phi) is 55.6. The number of rotatable bonds is 63. The first kappa shape index (κ1) is 90.7. The van der Waals surface area contributed by atoms with Crippen molar-refractivity contribution < 1.29 is 89.4 Å². The molecular weight excluding hydrogens is 1260 g/mol. The third-order valence-electron chi connectivity index (χ3n) is 19.9. The van der Waals surface area contributed by atoms with Crippen LogP contribution in [0.15, 0.2) is 60.8 Å². The molecule has 3 aliphatic heterocycles. The van der Waals surface area contributed by atoms with Gasteiger partial charge in [0.1, 0.15) is 73.2 Å². The largest absolute Gasteiger partial charge is 0.394 e. The van der Waals surface area contributed by atoms with Crippen LogP contribution in [0.2, 0.25) is 0 Å². The van der Waals surface area contributed by atoms with E-state index in [-0.39, 0.29) is 18.9 Å². The van der Waals surface area contributed by atoms with E-state index in [9.17, 15) is 61.0 Å². The van der Waals surface area contributed by atoms with Gasteiger partial charge in [0, 0.05) is 6.42 Å². The lowest BCUT2D eigenvalue weighted by molar-refractivity contribution is -0.379. The van der Waals surface area contributed by atoms with Gasteiger partial charge in [-0.2, -0.15) is 0 Å². The summed E-state index contributed by atoms with van der Waals surface area (Å²) in [5.41, 5.74) is 0. The van der Waals surface area contributed by atoms with E-state index in [1.54, 1.807) is 0 Å². The summed E-state index contributed by atoms with van der Waals surface area (Å²) >= 11 is 0. The lowest BCUT2D eigenvalue weighted by Gasteiger charge is -2.48. The van der Waals surface area contributed by atoms with E-state index < -0.39 is 124 Å². The molecule has 17 unspecified atom stereocenters. The Balaban J connectivity index is 1.36. The number of unbranched alkanes of at least 4 members (excludes halogenated alkanes) is 37. The number of nitrogens with one attached hydrogen (secondary N) is 1. The molecule has 99 heavy (non-hydrogen) atoms. The summed E-state index contributed by atoms with van der Waals surface area (Å²) in [6.45, 7) is 1.73. The Morgan fingerprint density at radius 3 is 1.09 bits per heavy atom. The second kappa shape index (κ2) is 60.7. The molecule has 0 radical (unpaired) electrons. The minimum absolute atomic E-state index is 0.240. The highest BCUT2D eigenvalue weighted by molar-refractivity contribution is 5.76. The zero-order valence-electron chi connectivity index (χ0n) is 61.7. The van der Waals surface area contributed by atoms with E-state index in [4.69, 9.17) is 28.4 Å². The van der Waals surface area contributed by atoms with Gasteiger partial charge in [-0.25, -0.2) is 0 Å². The molecule has 0 aliphatic carbocycles. The Morgan fingerprint density at radius 1 is 0.374 bits per heavy atom. The average molecular weight is 1410 g/mol. The lowest BCUT2D eigenvalue weighted by Crippen LogP contribution is -2.66. The van der Waals surface area contributed by atoms with Crippen LogP contribution >= 0.6 is 0 Å². The van der Waals surface area contributed by atoms with E-state index in [0.717, 1.165) is 77.0 Å². The molecule has 0 aromatic rings. The van der Waals surface area contributed by atoms with Gasteiger partial charge in [-0.3, -0.25) is 4.79 Å². The first-order valence-corrected chi connectivity index (χ1v) is 40.0. The zero-order valence-corrected chi connectivity index (χ0v) is 61.7. The number of hydrogen-bond acceptors (Lipinski definition) is 18. The molecule has 0 spiro atoms. The van der Waals surface area contributed by atoms with Crippen molar-refractivity contribution in [2.75, 3.05) is 26.4 Å². The maximum Gasteiger partial charge on any atom is 0.220 e. The van der Waals surface area contributed by atoms with Crippen molar-refractivity contribution in [3.8, 4) is 0 Å². The van der Waals surface area contributed by atoms with Gasteiger partial charge in [0.25, 0.3) is 0 Å². The monoisotopic (exact) mass is 1410 g/mol. The number of allylic oxidation sites excluding steroid dienone is 10. The number of aliphatic hydroxyl groups excluding tert-OH is 11. The minimum Gasteiger partial charge on any atom is -0.394 e. The van der Waals surface area contributed by atoms with Crippen LogP contribution in [0.1, 0.15) is 309 Å². The number of amides is 1. The van der Waals surface area contributed by atoms with Crippen LogP contribution in [-0.4, -0.2) is 193 Å². The molecule has 12 N–H and O–H groups in total. The summed E-state index contributed by atoms with van der Waals surface area (Å²) in [5, 5.41) is 121. The Hall–Kier alpha value is -2.51. The summed E-state index contributed by atoms with van der Waals surface area (Å²) in [5.74, 6) is -0.240. The van der Waals surface area contributed by atoms with Crippen LogP contribution in [-0.2, 0) is 33.2 Å². The maximum atomic E-state index is 13.5. The smallest absolute Gasteiger partial charge is 0.220 e. The molecular formula is C80H145NO18. The number of aliphatic hydroxyl groups is 11. The van der Waals surface area contributed by atoms with Gasteiger partial charge in [0.2, 0.25) is 5.91 Å². The van der Waals surface area contributed by atoms with Gasteiger partial charge >= 0.3 is 0 Å². The molecule has 3 fully saturated rings.